The third-order valence-electron chi connectivity index (χ3n) is 3.54. The van der Waals surface area contributed by atoms with E-state index >= 15 is 0 Å². The first-order valence-corrected chi connectivity index (χ1v) is 6.55. The molecule has 0 aromatic heterocycles. The molecule has 0 saturated heterocycles. The van der Waals surface area contributed by atoms with E-state index in [2.05, 4.69) is 0 Å². The molecule has 0 aliphatic carbocycles. The second kappa shape index (κ2) is 5.33. The molecule has 2 aromatic rings. The van der Waals surface area contributed by atoms with Crippen LogP contribution in [0.3, 0.4) is 0 Å². The molecular formula is C16H14F2O3. The quantitative estimate of drug-likeness (QED) is 0.920. The lowest BCUT2D eigenvalue weighted by Crippen LogP contribution is -2.19. The van der Waals surface area contributed by atoms with Crippen molar-refractivity contribution >= 4 is 0 Å². The van der Waals surface area contributed by atoms with E-state index in [4.69, 9.17) is 9.47 Å². The minimum atomic E-state index is -0.778. The molecule has 0 bridgehead atoms. The van der Waals surface area contributed by atoms with Gasteiger partial charge in [0.15, 0.2) is 0 Å². The Kier molecular flexibility index (Phi) is 3.51. The Balaban J connectivity index is 1.94. The van der Waals surface area contributed by atoms with E-state index < -0.39 is 23.8 Å². The van der Waals surface area contributed by atoms with Gasteiger partial charge in [-0.25, -0.2) is 8.78 Å². The predicted molar refractivity (Wildman–Crippen MR) is 72.3 cm³/mol. The molecule has 110 valence electrons. The summed E-state index contributed by atoms with van der Waals surface area (Å²) < 4.78 is 37.5. The Bertz CT molecular complexity index is 652. The standard InChI is InChI=1S/C16H14F2O3/c1-20-12-2-3-15-13(7-12)14(19)8-16(21-15)9-4-10(17)6-11(18)5-9/h2-7,14,16,19H,8H2,1H3. The van der Waals surface area contributed by atoms with Crippen LogP contribution in [0.5, 0.6) is 11.5 Å². The summed E-state index contributed by atoms with van der Waals surface area (Å²) >= 11 is 0. The van der Waals surface area contributed by atoms with E-state index in [1.165, 1.54) is 19.2 Å². The minimum absolute atomic E-state index is 0.225. The predicted octanol–water partition coefficient (Wildman–Crippen LogP) is 3.53. The van der Waals surface area contributed by atoms with Crippen LogP contribution in [0.2, 0.25) is 0 Å². The van der Waals surface area contributed by atoms with Gasteiger partial charge in [0.25, 0.3) is 0 Å². The van der Waals surface area contributed by atoms with Crippen LogP contribution in [0, 0.1) is 11.6 Å². The summed E-state index contributed by atoms with van der Waals surface area (Å²) in [5, 5.41) is 10.2. The molecule has 1 aliphatic rings. The number of hydrogen-bond acceptors (Lipinski definition) is 3. The Morgan fingerprint density at radius 3 is 2.52 bits per heavy atom. The van der Waals surface area contributed by atoms with Crippen molar-refractivity contribution < 1.29 is 23.4 Å². The maximum Gasteiger partial charge on any atom is 0.127 e. The first-order chi connectivity index (χ1) is 10.1. The zero-order chi connectivity index (χ0) is 15.0. The Labute approximate surface area is 120 Å². The molecule has 0 radical (unpaired) electrons. The number of halogens is 2. The van der Waals surface area contributed by atoms with E-state index in [0.29, 0.717) is 22.6 Å². The van der Waals surface area contributed by atoms with Crippen LogP contribution in [0.1, 0.15) is 29.8 Å². The molecule has 1 aliphatic heterocycles. The topological polar surface area (TPSA) is 38.7 Å². The lowest BCUT2D eigenvalue weighted by molar-refractivity contribution is 0.0651. The Hall–Kier alpha value is -2.14. The van der Waals surface area contributed by atoms with Crippen molar-refractivity contribution in [1.29, 1.82) is 0 Å². The van der Waals surface area contributed by atoms with Crippen LogP contribution in [-0.2, 0) is 0 Å². The van der Waals surface area contributed by atoms with E-state index in [-0.39, 0.29) is 6.42 Å². The van der Waals surface area contributed by atoms with Crippen LogP contribution < -0.4 is 9.47 Å². The van der Waals surface area contributed by atoms with Crippen molar-refractivity contribution in [2.24, 2.45) is 0 Å². The first-order valence-electron chi connectivity index (χ1n) is 6.55. The van der Waals surface area contributed by atoms with Gasteiger partial charge in [0, 0.05) is 18.1 Å². The van der Waals surface area contributed by atoms with E-state index in [9.17, 15) is 13.9 Å². The van der Waals surface area contributed by atoms with Crippen molar-refractivity contribution in [3.63, 3.8) is 0 Å². The van der Waals surface area contributed by atoms with Crippen molar-refractivity contribution in [2.45, 2.75) is 18.6 Å². The monoisotopic (exact) mass is 292 g/mol. The highest BCUT2D eigenvalue weighted by Crippen LogP contribution is 2.42. The molecular weight excluding hydrogens is 278 g/mol. The highest BCUT2D eigenvalue weighted by Gasteiger charge is 2.29. The molecule has 3 rings (SSSR count). The summed E-state index contributed by atoms with van der Waals surface area (Å²) in [6.07, 6.45) is -1.14. The van der Waals surface area contributed by atoms with Crippen LogP contribution >= 0.6 is 0 Å². The van der Waals surface area contributed by atoms with Gasteiger partial charge in [-0.3, -0.25) is 0 Å². The minimum Gasteiger partial charge on any atom is -0.497 e. The number of ether oxygens (including phenoxy) is 2. The summed E-state index contributed by atoms with van der Waals surface area (Å²) in [6.45, 7) is 0. The first kappa shape index (κ1) is 13.8. The van der Waals surface area contributed by atoms with E-state index in [0.717, 1.165) is 6.07 Å². The van der Waals surface area contributed by atoms with Gasteiger partial charge in [-0.05, 0) is 35.9 Å². The van der Waals surface area contributed by atoms with Crippen molar-refractivity contribution in [2.75, 3.05) is 7.11 Å². The van der Waals surface area contributed by atoms with E-state index in [1.54, 1.807) is 18.2 Å². The van der Waals surface area contributed by atoms with Gasteiger partial charge in [-0.15, -0.1) is 0 Å². The molecule has 5 heteroatoms. The maximum absolute atomic E-state index is 13.3. The third kappa shape index (κ3) is 2.69. The SMILES string of the molecule is COc1ccc2c(c1)C(O)CC(c1cc(F)cc(F)c1)O2. The third-order valence-corrected chi connectivity index (χ3v) is 3.54. The smallest absolute Gasteiger partial charge is 0.127 e. The number of aliphatic hydroxyl groups excluding tert-OH is 1. The molecule has 2 unspecified atom stereocenters. The summed E-state index contributed by atoms with van der Waals surface area (Å²) in [5.41, 5.74) is 0.982. The Morgan fingerprint density at radius 2 is 1.86 bits per heavy atom. The molecule has 2 aromatic carbocycles. The molecule has 1 N–H and O–H groups in total. The number of aliphatic hydroxyl groups is 1. The molecule has 0 fully saturated rings. The van der Waals surface area contributed by atoms with Gasteiger partial charge in [0.05, 0.1) is 13.2 Å². The number of fused-ring (bicyclic) bond motifs is 1. The van der Waals surface area contributed by atoms with Crippen LogP contribution in [0.25, 0.3) is 0 Å². The van der Waals surface area contributed by atoms with Gasteiger partial charge >= 0.3 is 0 Å². The molecule has 0 saturated carbocycles. The van der Waals surface area contributed by atoms with Gasteiger partial charge in [-0.1, -0.05) is 0 Å². The highest BCUT2D eigenvalue weighted by molar-refractivity contribution is 5.43. The van der Waals surface area contributed by atoms with Crippen molar-refractivity contribution in [1.82, 2.24) is 0 Å². The Morgan fingerprint density at radius 1 is 1.14 bits per heavy atom. The maximum atomic E-state index is 13.3. The second-order valence-electron chi connectivity index (χ2n) is 4.96. The number of rotatable bonds is 2. The lowest BCUT2D eigenvalue weighted by Gasteiger charge is -2.30. The molecule has 0 amide bonds. The summed E-state index contributed by atoms with van der Waals surface area (Å²) in [4.78, 5) is 0. The molecule has 0 spiro atoms. The summed E-state index contributed by atoms with van der Waals surface area (Å²) in [7, 11) is 1.54. The van der Waals surface area contributed by atoms with Crippen LogP contribution in [0.4, 0.5) is 8.78 Å². The van der Waals surface area contributed by atoms with Gasteiger partial charge in [-0.2, -0.15) is 0 Å². The number of methoxy groups -OCH3 is 1. The van der Waals surface area contributed by atoms with Crippen molar-refractivity contribution in [3.05, 3.63) is 59.2 Å². The average Bonchev–Trinajstić information content (AvgIpc) is 2.46. The van der Waals surface area contributed by atoms with Gasteiger partial charge < -0.3 is 14.6 Å². The zero-order valence-electron chi connectivity index (χ0n) is 11.3. The number of benzene rings is 2. The zero-order valence-corrected chi connectivity index (χ0v) is 11.3. The van der Waals surface area contributed by atoms with E-state index in [1.807, 2.05) is 0 Å². The lowest BCUT2D eigenvalue weighted by atomic mass is 9.94. The van der Waals surface area contributed by atoms with Gasteiger partial charge in [0.1, 0.15) is 29.2 Å². The van der Waals surface area contributed by atoms with Gasteiger partial charge in [0.2, 0.25) is 0 Å². The second-order valence-corrected chi connectivity index (χ2v) is 4.96. The fraction of sp³-hybridized carbons (Fsp3) is 0.250. The van der Waals surface area contributed by atoms with Crippen LogP contribution in [-0.4, -0.2) is 12.2 Å². The average molecular weight is 292 g/mol. The molecule has 3 nitrogen and oxygen atoms in total. The molecule has 2 atom stereocenters. The van der Waals surface area contributed by atoms with Crippen molar-refractivity contribution in [3.8, 4) is 11.5 Å². The summed E-state index contributed by atoms with van der Waals surface area (Å²) in [5.74, 6) is -0.219. The molecule has 1 heterocycles. The molecule has 21 heavy (non-hydrogen) atoms. The van der Waals surface area contributed by atoms with Crippen LogP contribution in [0.15, 0.2) is 36.4 Å². The summed E-state index contributed by atoms with van der Waals surface area (Å²) in [6, 6.07) is 8.33. The normalized spacial score (nSPS) is 20.6. The fourth-order valence-corrected chi connectivity index (χ4v) is 2.52. The highest BCUT2D eigenvalue weighted by atomic mass is 19.1. The largest absolute Gasteiger partial charge is 0.497 e. The number of hydrogen-bond donors (Lipinski definition) is 1. The fourth-order valence-electron chi connectivity index (χ4n) is 2.52.